The van der Waals surface area contributed by atoms with Crippen LogP contribution in [0.5, 0.6) is 0 Å². The maximum absolute atomic E-state index is 14.1. The van der Waals surface area contributed by atoms with E-state index in [2.05, 4.69) is 20.3 Å². The molecule has 1 aliphatic heterocycles. The fraction of sp³-hybridized carbons (Fsp3) is 0.208. The van der Waals surface area contributed by atoms with Crippen molar-refractivity contribution in [2.75, 3.05) is 35.8 Å². The summed E-state index contributed by atoms with van der Waals surface area (Å²) in [5.74, 6) is -1.16. The number of piperazine rings is 1. The highest BCUT2D eigenvalue weighted by Gasteiger charge is 2.22. The summed E-state index contributed by atoms with van der Waals surface area (Å²) in [6, 6.07) is 19.5. The van der Waals surface area contributed by atoms with E-state index >= 15 is 0 Å². The summed E-state index contributed by atoms with van der Waals surface area (Å²) in [5.41, 5.74) is 2.20. The van der Waals surface area contributed by atoms with Gasteiger partial charge in [-0.1, -0.05) is 42.5 Å². The Bertz CT molecular complexity index is 1230. The minimum atomic E-state index is -4.16. The Morgan fingerprint density at radius 2 is 1.67 bits per heavy atom. The van der Waals surface area contributed by atoms with Gasteiger partial charge in [-0.2, -0.15) is 0 Å². The number of hydrogen-bond donors (Lipinski definition) is 3. The molecule has 0 radical (unpaired) electrons. The summed E-state index contributed by atoms with van der Waals surface area (Å²) in [6.45, 7) is 3.35. The predicted octanol–water partition coefficient (Wildman–Crippen LogP) is 2.97. The Kier molecular flexibility index (Phi) is 6.90. The minimum Gasteiger partial charge on any atom is -0.368 e. The van der Waals surface area contributed by atoms with E-state index in [4.69, 9.17) is 0 Å². The molecule has 0 aliphatic carbocycles. The van der Waals surface area contributed by atoms with E-state index in [9.17, 15) is 17.6 Å². The van der Waals surface area contributed by atoms with Gasteiger partial charge in [-0.15, -0.1) is 0 Å². The number of rotatable bonds is 7. The van der Waals surface area contributed by atoms with Crippen LogP contribution in [0.2, 0.25) is 0 Å². The third kappa shape index (κ3) is 5.50. The van der Waals surface area contributed by atoms with Gasteiger partial charge in [0.25, 0.3) is 15.9 Å². The molecule has 0 spiro atoms. The highest BCUT2D eigenvalue weighted by atomic mass is 32.2. The second kappa shape index (κ2) is 10.0. The predicted molar refractivity (Wildman–Crippen MR) is 126 cm³/mol. The van der Waals surface area contributed by atoms with E-state index in [1.54, 1.807) is 12.1 Å². The Hall–Kier alpha value is -3.43. The first-order valence-electron chi connectivity index (χ1n) is 10.6. The van der Waals surface area contributed by atoms with Gasteiger partial charge in [0.15, 0.2) is 0 Å². The highest BCUT2D eigenvalue weighted by molar-refractivity contribution is 7.92. The van der Waals surface area contributed by atoms with E-state index in [-0.39, 0.29) is 11.6 Å². The van der Waals surface area contributed by atoms with Crippen LogP contribution >= 0.6 is 0 Å². The summed E-state index contributed by atoms with van der Waals surface area (Å²) in [4.78, 5) is 14.8. The molecule has 1 saturated heterocycles. The molecule has 3 N–H and O–H groups in total. The van der Waals surface area contributed by atoms with Crippen molar-refractivity contribution in [3.05, 3.63) is 89.7 Å². The van der Waals surface area contributed by atoms with Crippen molar-refractivity contribution in [2.45, 2.75) is 11.4 Å². The fourth-order valence-corrected chi connectivity index (χ4v) is 4.84. The second-order valence-corrected chi connectivity index (χ2v) is 9.32. The number of carbonyl (C=O) groups is 1. The molecule has 9 heteroatoms. The van der Waals surface area contributed by atoms with E-state index < -0.39 is 20.7 Å². The summed E-state index contributed by atoms with van der Waals surface area (Å²) < 4.78 is 41.9. The number of anilines is 2. The molecule has 1 fully saturated rings. The Balaban J connectivity index is 1.62. The van der Waals surface area contributed by atoms with Crippen molar-refractivity contribution in [1.82, 2.24) is 10.6 Å². The highest BCUT2D eigenvalue weighted by Crippen LogP contribution is 2.27. The largest absolute Gasteiger partial charge is 0.368 e. The SMILES string of the molecule is O=C(NCc1ccccc1)c1cc(NS(=O)(=O)c2ccccc2F)ccc1N1CCNCC1. The van der Waals surface area contributed by atoms with Gasteiger partial charge in [0.1, 0.15) is 10.7 Å². The zero-order chi connectivity index (χ0) is 23.3. The molecule has 0 atom stereocenters. The molecule has 4 rings (SSSR count). The fourth-order valence-electron chi connectivity index (χ4n) is 3.71. The van der Waals surface area contributed by atoms with Crippen LogP contribution < -0.4 is 20.3 Å². The van der Waals surface area contributed by atoms with E-state index in [0.29, 0.717) is 12.1 Å². The third-order valence-electron chi connectivity index (χ3n) is 5.37. The van der Waals surface area contributed by atoms with Crippen molar-refractivity contribution < 1.29 is 17.6 Å². The Morgan fingerprint density at radius 3 is 2.39 bits per heavy atom. The number of halogens is 1. The van der Waals surface area contributed by atoms with Crippen LogP contribution in [-0.4, -0.2) is 40.5 Å². The molecular weight excluding hydrogens is 443 g/mol. The normalized spacial score (nSPS) is 14.0. The number of amides is 1. The van der Waals surface area contributed by atoms with Crippen molar-refractivity contribution in [1.29, 1.82) is 0 Å². The van der Waals surface area contributed by atoms with E-state index in [1.807, 2.05) is 30.3 Å². The number of hydrogen-bond acceptors (Lipinski definition) is 5. The molecule has 1 heterocycles. The molecule has 172 valence electrons. The lowest BCUT2D eigenvalue weighted by Gasteiger charge is -2.31. The van der Waals surface area contributed by atoms with Gasteiger partial charge >= 0.3 is 0 Å². The van der Waals surface area contributed by atoms with Crippen LogP contribution in [0.4, 0.5) is 15.8 Å². The quantitative estimate of drug-likeness (QED) is 0.496. The smallest absolute Gasteiger partial charge is 0.264 e. The lowest BCUT2D eigenvalue weighted by atomic mass is 10.1. The molecule has 0 unspecified atom stereocenters. The van der Waals surface area contributed by atoms with Crippen LogP contribution in [0.25, 0.3) is 0 Å². The minimum absolute atomic E-state index is 0.182. The monoisotopic (exact) mass is 468 g/mol. The van der Waals surface area contributed by atoms with Crippen LogP contribution in [0.15, 0.2) is 77.7 Å². The summed E-state index contributed by atoms with van der Waals surface area (Å²) in [7, 11) is -4.16. The molecule has 3 aromatic rings. The van der Waals surface area contributed by atoms with Gasteiger partial charge in [0.05, 0.1) is 5.56 Å². The molecule has 0 aromatic heterocycles. The lowest BCUT2D eigenvalue weighted by Crippen LogP contribution is -2.44. The Morgan fingerprint density at radius 1 is 0.970 bits per heavy atom. The second-order valence-electron chi connectivity index (χ2n) is 7.67. The number of nitrogens with one attached hydrogen (secondary N) is 3. The molecule has 7 nitrogen and oxygen atoms in total. The standard InChI is InChI=1S/C24H25FN4O3S/c25-21-8-4-5-9-23(21)33(31,32)28-19-10-11-22(29-14-12-26-13-15-29)20(16-19)24(30)27-17-18-6-2-1-3-7-18/h1-11,16,26,28H,12-15,17H2,(H,27,30). The van der Waals surface area contributed by atoms with Crippen LogP contribution in [-0.2, 0) is 16.6 Å². The maximum atomic E-state index is 14.1. The van der Waals surface area contributed by atoms with Crippen LogP contribution in [0.1, 0.15) is 15.9 Å². The molecule has 0 bridgehead atoms. The molecule has 1 amide bonds. The first-order valence-corrected chi connectivity index (χ1v) is 12.1. The molecule has 0 saturated carbocycles. The van der Waals surface area contributed by atoms with Gasteiger partial charge in [-0.3, -0.25) is 9.52 Å². The van der Waals surface area contributed by atoms with E-state index in [0.717, 1.165) is 43.5 Å². The third-order valence-corrected chi connectivity index (χ3v) is 6.79. The Labute approximate surface area is 192 Å². The molecule has 3 aromatic carbocycles. The zero-order valence-corrected chi connectivity index (χ0v) is 18.7. The van der Waals surface area contributed by atoms with Gasteiger partial charge in [0, 0.05) is 44.1 Å². The first kappa shape index (κ1) is 22.8. The average molecular weight is 469 g/mol. The van der Waals surface area contributed by atoms with E-state index in [1.165, 1.54) is 24.3 Å². The van der Waals surface area contributed by atoms with Crippen molar-refractivity contribution in [3.8, 4) is 0 Å². The van der Waals surface area contributed by atoms with Gasteiger partial charge in [-0.25, -0.2) is 12.8 Å². The zero-order valence-electron chi connectivity index (χ0n) is 17.9. The van der Waals surface area contributed by atoms with Crippen LogP contribution in [0.3, 0.4) is 0 Å². The number of sulfonamides is 1. The molecule has 1 aliphatic rings. The van der Waals surface area contributed by atoms with Gasteiger partial charge < -0.3 is 15.5 Å². The van der Waals surface area contributed by atoms with Crippen molar-refractivity contribution in [3.63, 3.8) is 0 Å². The average Bonchev–Trinajstić information content (AvgIpc) is 2.83. The summed E-state index contributed by atoms with van der Waals surface area (Å²) in [6.07, 6.45) is 0. The lowest BCUT2D eigenvalue weighted by molar-refractivity contribution is 0.0951. The van der Waals surface area contributed by atoms with Crippen LogP contribution in [0, 0.1) is 5.82 Å². The number of carbonyl (C=O) groups excluding carboxylic acids is 1. The maximum Gasteiger partial charge on any atom is 0.264 e. The topological polar surface area (TPSA) is 90.5 Å². The number of benzene rings is 3. The van der Waals surface area contributed by atoms with Gasteiger partial charge in [-0.05, 0) is 35.9 Å². The first-order chi connectivity index (χ1) is 15.9. The molecule has 33 heavy (non-hydrogen) atoms. The summed E-state index contributed by atoms with van der Waals surface area (Å²) in [5, 5.41) is 6.18. The van der Waals surface area contributed by atoms with Crippen molar-refractivity contribution >= 4 is 27.3 Å². The number of nitrogens with zero attached hydrogens (tertiary/aromatic N) is 1. The summed E-state index contributed by atoms with van der Waals surface area (Å²) >= 11 is 0. The van der Waals surface area contributed by atoms with Gasteiger partial charge in [0.2, 0.25) is 0 Å². The van der Waals surface area contributed by atoms with Crippen molar-refractivity contribution in [2.24, 2.45) is 0 Å². The molecular formula is C24H25FN4O3S.